The van der Waals surface area contributed by atoms with E-state index in [1.807, 2.05) is 19.1 Å². The summed E-state index contributed by atoms with van der Waals surface area (Å²) in [5, 5.41) is 2.73. The Balaban J connectivity index is 2.42. The maximum atomic E-state index is 11.9. The zero-order valence-corrected chi connectivity index (χ0v) is 12.1. The van der Waals surface area contributed by atoms with Gasteiger partial charge < -0.3 is 16.0 Å². The molecule has 1 aromatic rings. The van der Waals surface area contributed by atoms with Crippen LogP contribution in [0.2, 0.25) is 0 Å². The van der Waals surface area contributed by atoms with Crippen molar-refractivity contribution < 1.29 is 4.79 Å². The van der Waals surface area contributed by atoms with Crippen LogP contribution >= 0.6 is 12.2 Å². The maximum absolute atomic E-state index is 11.9. The van der Waals surface area contributed by atoms with Crippen molar-refractivity contribution in [3.05, 3.63) is 29.3 Å². The Hall–Kier alpha value is -1.62. The van der Waals surface area contributed by atoms with E-state index >= 15 is 0 Å². The third-order valence-corrected chi connectivity index (χ3v) is 3.75. The summed E-state index contributed by atoms with van der Waals surface area (Å²) in [4.78, 5) is 14.4. The number of carbonyl (C=O) groups is 1. The van der Waals surface area contributed by atoms with E-state index in [2.05, 4.69) is 16.3 Å². The second-order valence-corrected chi connectivity index (χ2v) is 5.29. The molecule has 0 spiro atoms. The number of aryl methyl sites for hydroxylation is 1. The molecule has 102 valence electrons. The van der Waals surface area contributed by atoms with Crippen molar-refractivity contribution in [3.63, 3.8) is 0 Å². The highest BCUT2D eigenvalue weighted by Gasteiger charge is 2.31. The third kappa shape index (κ3) is 2.71. The van der Waals surface area contributed by atoms with Crippen molar-refractivity contribution in [1.82, 2.24) is 5.32 Å². The van der Waals surface area contributed by atoms with Crippen molar-refractivity contribution in [3.8, 4) is 0 Å². The number of thiocarbonyl (C=S) groups is 1. The Morgan fingerprint density at radius 1 is 1.53 bits per heavy atom. The minimum Gasteiger partial charge on any atom is -0.389 e. The van der Waals surface area contributed by atoms with Gasteiger partial charge in [0.05, 0.1) is 0 Å². The highest BCUT2D eigenvalue weighted by atomic mass is 32.1. The first-order chi connectivity index (χ1) is 9.04. The summed E-state index contributed by atoms with van der Waals surface area (Å²) in [6.45, 7) is 2.88. The summed E-state index contributed by atoms with van der Waals surface area (Å²) < 4.78 is 0. The number of hydrogen-bond acceptors (Lipinski definition) is 3. The molecule has 1 atom stereocenters. The van der Waals surface area contributed by atoms with E-state index < -0.39 is 0 Å². The van der Waals surface area contributed by atoms with Crippen LogP contribution in [0.3, 0.4) is 0 Å². The number of nitrogens with zero attached hydrogens (tertiary/aromatic N) is 1. The molecule has 19 heavy (non-hydrogen) atoms. The topological polar surface area (TPSA) is 58.4 Å². The lowest BCUT2D eigenvalue weighted by Crippen LogP contribution is -2.42. The van der Waals surface area contributed by atoms with Gasteiger partial charge in [-0.25, -0.2) is 0 Å². The Bertz CT molecular complexity index is 515. The molecule has 1 aliphatic rings. The number of amides is 1. The Kier molecular flexibility index (Phi) is 4.04. The maximum Gasteiger partial charge on any atom is 0.242 e. The normalized spacial score (nSPS) is 18.4. The largest absolute Gasteiger partial charge is 0.389 e. The van der Waals surface area contributed by atoms with E-state index in [0.29, 0.717) is 4.99 Å². The Morgan fingerprint density at radius 3 is 2.89 bits per heavy atom. The van der Waals surface area contributed by atoms with Crippen LogP contribution in [0.4, 0.5) is 5.69 Å². The van der Waals surface area contributed by atoms with E-state index in [-0.39, 0.29) is 11.9 Å². The molecular formula is C14H19N3OS. The molecule has 0 bridgehead atoms. The highest BCUT2D eigenvalue weighted by Crippen LogP contribution is 2.29. The summed E-state index contributed by atoms with van der Waals surface area (Å²) in [6, 6.07) is 5.85. The van der Waals surface area contributed by atoms with Gasteiger partial charge in [-0.2, -0.15) is 0 Å². The van der Waals surface area contributed by atoms with Gasteiger partial charge in [-0.05, 0) is 37.5 Å². The molecular weight excluding hydrogens is 258 g/mol. The van der Waals surface area contributed by atoms with E-state index in [9.17, 15) is 4.79 Å². The average Bonchev–Trinajstić information content (AvgIpc) is 2.86. The third-order valence-electron chi connectivity index (χ3n) is 3.53. The second kappa shape index (κ2) is 5.57. The van der Waals surface area contributed by atoms with Gasteiger partial charge in [-0.15, -0.1) is 0 Å². The highest BCUT2D eigenvalue weighted by molar-refractivity contribution is 7.80. The lowest BCUT2D eigenvalue weighted by atomic mass is 10.1. The molecule has 3 N–H and O–H groups in total. The fraction of sp³-hybridized carbons (Fsp3) is 0.429. The molecule has 1 saturated heterocycles. The van der Waals surface area contributed by atoms with Gasteiger partial charge >= 0.3 is 0 Å². The van der Waals surface area contributed by atoms with Gasteiger partial charge in [-0.3, -0.25) is 4.79 Å². The van der Waals surface area contributed by atoms with Crippen LogP contribution in [0.25, 0.3) is 0 Å². The number of rotatable bonds is 3. The first-order valence-corrected chi connectivity index (χ1v) is 6.84. The van der Waals surface area contributed by atoms with Gasteiger partial charge in [0, 0.05) is 24.8 Å². The zero-order chi connectivity index (χ0) is 14.0. The molecule has 1 aromatic carbocycles. The number of benzene rings is 1. The fourth-order valence-corrected chi connectivity index (χ4v) is 2.75. The molecule has 1 amide bonds. The minimum atomic E-state index is -0.125. The van der Waals surface area contributed by atoms with E-state index in [1.165, 1.54) is 0 Å². The zero-order valence-electron chi connectivity index (χ0n) is 11.3. The van der Waals surface area contributed by atoms with Crippen LogP contribution in [-0.2, 0) is 4.79 Å². The SMILES string of the molecule is CNC(=O)C1CCCN1c1cc(C)ccc1C(N)=S. The smallest absolute Gasteiger partial charge is 0.242 e. The molecule has 0 saturated carbocycles. The van der Waals surface area contributed by atoms with Crippen LogP contribution in [0.5, 0.6) is 0 Å². The van der Waals surface area contributed by atoms with Crippen molar-refractivity contribution in [2.24, 2.45) is 5.73 Å². The number of hydrogen-bond donors (Lipinski definition) is 2. The lowest BCUT2D eigenvalue weighted by molar-refractivity contribution is -0.121. The van der Waals surface area contributed by atoms with E-state index in [0.717, 1.165) is 36.2 Å². The number of nitrogens with two attached hydrogens (primary N) is 1. The van der Waals surface area contributed by atoms with Crippen LogP contribution in [-0.4, -0.2) is 30.5 Å². The summed E-state index contributed by atoms with van der Waals surface area (Å²) in [5.41, 5.74) is 8.74. The van der Waals surface area contributed by atoms with E-state index in [4.69, 9.17) is 18.0 Å². The fourth-order valence-electron chi connectivity index (χ4n) is 2.58. The first kappa shape index (κ1) is 13.8. The summed E-state index contributed by atoms with van der Waals surface area (Å²) in [7, 11) is 1.67. The first-order valence-electron chi connectivity index (χ1n) is 6.43. The standard InChI is InChI=1S/C14H19N3OS/c1-9-5-6-10(13(15)19)12(8-9)17-7-3-4-11(17)14(18)16-2/h5-6,8,11H,3-4,7H2,1-2H3,(H2,15,19)(H,16,18). The van der Waals surface area contributed by atoms with Crippen LogP contribution in [0.1, 0.15) is 24.0 Å². The molecule has 0 radical (unpaired) electrons. The molecule has 0 aliphatic carbocycles. The lowest BCUT2D eigenvalue weighted by Gasteiger charge is -2.27. The van der Waals surface area contributed by atoms with Gasteiger partial charge in [0.2, 0.25) is 5.91 Å². The molecule has 4 nitrogen and oxygen atoms in total. The molecule has 1 fully saturated rings. The molecule has 1 unspecified atom stereocenters. The van der Waals surface area contributed by atoms with Gasteiger partial charge in [-0.1, -0.05) is 18.3 Å². The molecule has 0 aromatic heterocycles. The van der Waals surface area contributed by atoms with Crippen molar-refractivity contribution in [2.75, 3.05) is 18.5 Å². The second-order valence-electron chi connectivity index (χ2n) is 4.85. The number of carbonyl (C=O) groups excluding carboxylic acids is 1. The quantitative estimate of drug-likeness (QED) is 0.819. The molecule has 1 heterocycles. The van der Waals surface area contributed by atoms with Crippen LogP contribution in [0, 0.1) is 6.92 Å². The number of anilines is 1. The predicted molar refractivity (Wildman–Crippen MR) is 81.5 cm³/mol. The van der Waals surface area contributed by atoms with Gasteiger partial charge in [0.15, 0.2) is 0 Å². The molecule has 1 aliphatic heterocycles. The Labute approximate surface area is 119 Å². The molecule has 5 heteroatoms. The van der Waals surface area contributed by atoms with Crippen molar-refractivity contribution in [2.45, 2.75) is 25.8 Å². The predicted octanol–water partition coefficient (Wildman–Crippen LogP) is 1.34. The summed E-state index contributed by atoms with van der Waals surface area (Å²) in [5.74, 6) is 0.0490. The number of nitrogens with one attached hydrogen (secondary N) is 1. The Morgan fingerprint density at radius 2 is 2.26 bits per heavy atom. The van der Waals surface area contributed by atoms with Crippen molar-refractivity contribution in [1.29, 1.82) is 0 Å². The van der Waals surface area contributed by atoms with Crippen LogP contribution < -0.4 is 16.0 Å². The average molecular weight is 277 g/mol. The monoisotopic (exact) mass is 277 g/mol. The minimum absolute atomic E-state index is 0.0490. The van der Waals surface area contributed by atoms with Gasteiger partial charge in [0.1, 0.15) is 11.0 Å². The summed E-state index contributed by atoms with van der Waals surface area (Å²) >= 11 is 5.11. The van der Waals surface area contributed by atoms with Crippen molar-refractivity contribution >= 4 is 28.8 Å². The molecule has 2 rings (SSSR count). The van der Waals surface area contributed by atoms with E-state index in [1.54, 1.807) is 7.05 Å². The van der Waals surface area contributed by atoms with Crippen LogP contribution in [0.15, 0.2) is 18.2 Å². The number of likely N-dealkylation sites (N-methyl/N-ethyl adjacent to an activating group) is 1. The van der Waals surface area contributed by atoms with Gasteiger partial charge in [0.25, 0.3) is 0 Å². The summed E-state index contributed by atoms with van der Waals surface area (Å²) in [6.07, 6.45) is 1.87.